The molecule has 4 nitrogen and oxygen atoms in total. The Morgan fingerprint density at radius 3 is 2.62 bits per heavy atom. The smallest absolute Gasteiger partial charge is 0.250 e. The van der Waals surface area contributed by atoms with E-state index in [2.05, 4.69) is 25.2 Å². The second kappa shape index (κ2) is 6.29. The highest BCUT2D eigenvalue weighted by Crippen LogP contribution is 2.26. The highest BCUT2D eigenvalue weighted by molar-refractivity contribution is 6.08. The number of hydrogen-bond donors (Lipinski definition) is 1. The molecule has 0 bridgehead atoms. The Hall–Kier alpha value is -1.84. The summed E-state index contributed by atoms with van der Waals surface area (Å²) in [6, 6.07) is 7.06. The van der Waals surface area contributed by atoms with Crippen LogP contribution in [0.2, 0.25) is 0 Å². The lowest BCUT2D eigenvalue weighted by atomic mass is 10.00. The number of hydrogen-bond acceptors (Lipinski definition) is 2. The second-order valence-corrected chi connectivity index (χ2v) is 5.98. The Kier molecular flexibility index (Phi) is 4.66. The minimum atomic E-state index is -0.465. The number of anilines is 1. The number of rotatable bonds is 4. The van der Waals surface area contributed by atoms with E-state index >= 15 is 0 Å². The molecule has 1 aromatic rings. The zero-order valence-electron chi connectivity index (χ0n) is 13.2. The molecule has 0 aromatic heterocycles. The molecule has 21 heavy (non-hydrogen) atoms. The lowest BCUT2D eigenvalue weighted by Gasteiger charge is -2.37. The van der Waals surface area contributed by atoms with Gasteiger partial charge in [-0.2, -0.15) is 0 Å². The summed E-state index contributed by atoms with van der Waals surface area (Å²) in [5.74, 6) is 0.299. The van der Waals surface area contributed by atoms with Crippen molar-refractivity contribution in [3.63, 3.8) is 0 Å². The Balaban J connectivity index is 2.36. The molecule has 0 aliphatic carbocycles. The van der Waals surface area contributed by atoms with Crippen molar-refractivity contribution < 1.29 is 9.59 Å². The van der Waals surface area contributed by atoms with Gasteiger partial charge in [-0.05, 0) is 37.0 Å². The molecule has 2 amide bonds. The molecule has 1 aliphatic heterocycles. The fourth-order valence-electron chi connectivity index (χ4n) is 2.70. The number of nitrogens with zero attached hydrogens (tertiary/aromatic N) is 1. The molecule has 1 heterocycles. The maximum absolute atomic E-state index is 12.7. The van der Waals surface area contributed by atoms with Crippen LogP contribution in [0.15, 0.2) is 24.3 Å². The van der Waals surface area contributed by atoms with Crippen LogP contribution < -0.4 is 10.2 Å². The lowest BCUT2D eigenvalue weighted by molar-refractivity contribution is -0.133. The van der Waals surface area contributed by atoms with E-state index < -0.39 is 12.1 Å². The van der Waals surface area contributed by atoms with Crippen LogP contribution >= 0.6 is 0 Å². The van der Waals surface area contributed by atoms with Gasteiger partial charge in [-0.25, -0.2) is 0 Å². The molecule has 1 fully saturated rings. The third-order valence-electron chi connectivity index (χ3n) is 4.01. The summed E-state index contributed by atoms with van der Waals surface area (Å²) in [7, 11) is 0. The van der Waals surface area contributed by atoms with Crippen LogP contribution in [0.5, 0.6) is 0 Å². The number of amides is 2. The van der Waals surface area contributed by atoms with E-state index in [9.17, 15) is 9.59 Å². The Bertz CT molecular complexity index is 539. The van der Waals surface area contributed by atoms with Crippen LogP contribution in [0.4, 0.5) is 5.69 Å². The monoisotopic (exact) mass is 288 g/mol. The molecule has 1 aliphatic rings. The topological polar surface area (TPSA) is 49.4 Å². The van der Waals surface area contributed by atoms with Gasteiger partial charge in [-0.15, -0.1) is 0 Å². The number of piperazine rings is 1. The zero-order valence-corrected chi connectivity index (χ0v) is 13.2. The van der Waals surface area contributed by atoms with Crippen molar-refractivity contribution in [3.8, 4) is 0 Å². The molecule has 114 valence electrons. The summed E-state index contributed by atoms with van der Waals surface area (Å²) in [6.07, 6.45) is 1.54. The Morgan fingerprint density at radius 1 is 1.29 bits per heavy atom. The molecule has 0 saturated carbocycles. The molecule has 4 heteroatoms. The molecule has 1 aromatic carbocycles. The average molecular weight is 288 g/mol. The fraction of sp³-hybridized carbons (Fsp3) is 0.529. The molecule has 1 N–H and O–H groups in total. The summed E-state index contributed by atoms with van der Waals surface area (Å²) in [6.45, 7) is 8.03. The molecule has 0 radical (unpaired) electrons. The first-order valence-corrected chi connectivity index (χ1v) is 7.69. The van der Waals surface area contributed by atoms with E-state index in [-0.39, 0.29) is 11.8 Å². The van der Waals surface area contributed by atoms with Crippen LogP contribution in [-0.2, 0) is 9.59 Å². The average Bonchev–Trinajstić information content (AvgIpc) is 2.45. The van der Waals surface area contributed by atoms with E-state index in [1.165, 1.54) is 5.56 Å². The van der Waals surface area contributed by atoms with E-state index in [1.54, 1.807) is 11.8 Å². The summed E-state index contributed by atoms with van der Waals surface area (Å²) < 4.78 is 0. The molecular weight excluding hydrogens is 264 g/mol. The summed E-state index contributed by atoms with van der Waals surface area (Å²) >= 11 is 0. The molecule has 1 saturated heterocycles. The van der Waals surface area contributed by atoms with Gasteiger partial charge in [0, 0.05) is 5.69 Å². The van der Waals surface area contributed by atoms with Gasteiger partial charge in [0.2, 0.25) is 11.8 Å². The molecule has 2 unspecified atom stereocenters. The van der Waals surface area contributed by atoms with Crippen LogP contribution in [0.3, 0.4) is 0 Å². The number of carbonyl (C=O) groups is 2. The first-order valence-electron chi connectivity index (χ1n) is 7.69. The first-order chi connectivity index (χ1) is 9.95. The highest BCUT2D eigenvalue weighted by Gasteiger charge is 2.38. The van der Waals surface area contributed by atoms with Crippen LogP contribution in [0.1, 0.15) is 52.0 Å². The van der Waals surface area contributed by atoms with Crippen molar-refractivity contribution >= 4 is 17.5 Å². The number of nitrogens with one attached hydrogen (secondary N) is 1. The standard InChI is InChI=1S/C17H24N2O2/c1-5-7-15-17(21)19(12(4)16(20)18-15)14-9-6-8-13(10-14)11(2)3/h6,8-12,15H,5,7H2,1-4H3,(H,18,20). The van der Waals surface area contributed by atoms with Crippen LogP contribution in [0, 0.1) is 0 Å². The third-order valence-corrected chi connectivity index (χ3v) is 4.01. The predicted octanol–water partition coefficient (Wildman–Crippen LogP) is 2.83. The molecule has 2 atom stereocenters. The number of carbonyl (C=O) groups excluding carboxylic acids is 2. The minimum absolute atomic E-state index is 0.00939. The fourth-order valence-corrected chi connectivity index (χ4v) is 2.70. The predicted molar refractivity (Wildman–Crippen MR) is 84.3 cm³/mol. The van der Waals surface area contributed by atoms with Crippen molar-refractivity contribution in [1.29, 1.82) is 0 Å². The Morgan fingerprint density at radius 2 is 2.00 bits per heavy atom. The summed E-state index contributed by atoms with van der Waals surface area (Å²) in [5, 5.41) is 2.82. The first kappa shape index (κ1) is 15.5. The highest BCUT2D eigenvalue weighted by atomic mass is 16.2. The van der Waals surface area contributed by atoms with Crippen LogP contribution in [0.25, 0.3) is 0 Å². The molecule has 2 rings (SSSR count). The third kappa shape index (κ3) is 3.09. The minimum Gasteiger partial charge on any atom is -0.342 e. The van der Waals surface area contributed by atoms with Gasteiger partial charge in [0.25, 0.3) is 0 Å². The summed E-state index contributed by atoms with van der Waals surface area (Å²) in [4.78, 5) is 26.4. The maximum Gasteiger partial charge on any atom is 0.250 e. The van der Waals surface area contributed by atoms with Gasteiger partial charge < -0.3 is 5.32 Å². The normalized spacial score (nSPS) is 22.6. The largest absolute Gasteiger partial charge is 0.342 e. The van der Waals surface area contributed by atoms with Crippen molar-refractivity contribution in [1.82, 2.24) is 5.32 Å². The van der Waals surface area contributed by atoms with Gasteiger partial charge >= 0.3 is 0 Å². The number of benzene rings is 1. The van der Waals surface area contributed by atoms with E-state index in [1.807, 2.05) is 25.1 Å². The van der Waals surface area contributed by atoms with E-state index in [0.717, 1.165) is 12.1 Å². The van der Waals surface area contributed by atoms with Gasteiger partial charge in [0.15, 0.2) is 0 Å². The SMILES string of the molecule is CCCC1NC(=O)C(C)N(c2cccc(C(C)C)c2)C1=O. The van der Waals surface area contributed by atoms with Crippen molar-refractivity contribution in [2.75, 3.05) is 4.90 Å². The summed E-state index contributed by atoms with van der Waals surface area (Å²) in [5.41, 5.74) is 1.99. The van der Waals surface area contributed by atoms with Crippen LogP contribution in [-0.4, -0.2) is 23.9 Å². The van der Waals surface area contributed by atoms with Gasteiger partial charge in [-0.3, -0.25) is 14.5 Å². The van der Waals surface area contributed by atoms with Crippen molar-refractivity contribution in [3.05, 3.63) is 29.8 Å². The molecular formula is C17H24N2O2. The van der Waals surface area contributed by atoms with Gasteiger partial charge in [0.05, 0.1) is 0 Å². The zero-order chi connectivity index (χ0) is 15.6. The maximum atomic E-state index is 12.7. The van der Waals surface area contributed by atoms with Gasteiger partial charge in [0.1, 0.15) is 12.1 Å². The van der Waals surface area contributed by atoms with E-state index in [4.69, 9.17) is 0 Å². The lowest BCUT2D eigenvalue weighted by Crippen LogP contribution is -2.62. The van der Waals surface area contributed by atoms with Crippen molar-refractivity contribution in [2.24, 2.45) is 0 Å². The quantitative estimate of drug-likeness (QED) is 0.926. The Labute approximate surface area is 126 Å². The van der Waals surface area contributed by atoms with Gasteiger partial charge in [-0.1, -0.05) is 39.3 Å². The second-order valence-electron chi connectivity index (χ2n) is 5.98. The van der Waals surface area contributed by atoms with E-state index in [0.29, 0.717) is 12.3 Å². The molecule has 0 spiro atoms. The van der Waals surface area contributed by atoms with Crippen molar-refractivity contribution in [2.45, 2.75) is 58.5 Å².